The first-order chi connectivity index (χ1) is 11.7. The molecule has 0 aliphatic carbocycles. The van der Waals surface area contributed by atoms with E-state index in [0.29, 0.717) is 17.9 Å². The predicted molar refractivity (Wildman–Crippen MR) is 95.0 cm³/mol. The number of ether oxygens (including phenoxy) is 1. The zero-order valence-electron chi connectivity index (χ0n) is 14.1. The van der Waals surface area contributed by atoms with Gasteiger partial charge in [-0.3, -0.25) is 4.79 Å². The third kappa shape index (κ3) is 6.03. The molecule has 0 unspecified atom stereocenters. The highest BCUT2D eigenvalue weighted by atomic mass is 19.1. The number of carbonyl (C=O) groups excluding carboxylic acids is 1. The lowest BCUT2D eigenvalue weighted by Crippen LogP contribution is -2.11. The van der Waals surface area contributed by atoms with Crippen molar-refractivity contribution in [1.29, 1.82) is 0 Å². The molecule has 0 aliphatic heterocycles. The van der Waals surface area contributed by atoms with E-state index in [0.717, 1.165) is 12.2 Å². The summed E-state index contributed by atoms with van der Waals surface area (Å²) >= 11 is 0. The number of rotatable bonds is 9. The number of amides is 1. The third-order valence-corrected chi connectivity index (χ3v) is 3.72. The number of benzene rings is 2. The first-order valence-electron chi connectivity index (χ1n) is 8.49. The molecule has 4 heteroatoms. The maximum absolute atomic E-state index is 13.1. The van der Waals surface area contributed by atoms with Crippen molar-refractivity contribution in [1.82, 2.24) is 0 Å². The summed E-state index contributed by atoms with van der Waals surface area (Å²) in [5.41, 5.74) is 0.946. The largest absolute Gasteiger partial charge is 0.494 e. The fourth-order valence-electron chi connectivity index (χ4n) is 2.37. The summed E-state index contributed by atoms with van der Waals surface area (Å²) < 4.78 is 18.8. The maximum atomic E-state index is 13.1. The van der Waals surface area contributed by atoms with Gasteiger partial charge in [-0.15, -0.1) is 0 Å². The highest BCUT2D eigenvalue weighted by molar-refractivity contribution is 6.04. The molecule has 0 atom stereocenters. The van der Waals surface area contributed by atoms with Crippen molar-refractivity contribution in [2.75, 3.05) is 11.9 Å². The van der Waals surface area contributed by atoms with Gasteiger partial charge in [0.05, 0.1) is 6.61 Å². The second kappa shape index (κ2) is 9.71. The van der Waals surface area contributed by atoms with Gasteiger partial charge in [0.25, 0.3) is 5.91 Å². The summed E-state index contributed by atoms with van der Waals surface area (Å²) in [6.07, 6.45) is 5.98. The molecule has 1 N–H and O–H groups in total. The van der Waals surface area contributed by atoms with Crippen LogP contribution >= 0.6 is 0 Å². The van der Waals surface area contributed by atoms with Crippen LogP contribution in [-0.4, -0.2) is 12.5 Å². The number of nitrogens with one attached hydrogen (secondary N) is 1. The fourth-order valence-corrected chi connectivity index (χ4v) is 2.37. The van der Waals surface area contributed by atoms with Crippen molar-refractivity contribution >= 4 is 11.6 Å². The Balaban J connectivity index is 1.79. The van der Waals surface area contributed by atoms with Gasteiger partial charge >= 0.3 is 0 Å². The molecule has 0 heterocycles. The Hall–Kier alpha value is -2.36. The van der Waals surface area contributed by atoms with Crippen molar-refractivity contribution in [3.05, 3.63) is 59.9 Å². The van der Waals surface area contributed by atoms with E-state index in [4.69, 9.17) is 4.74 Å². The minimum atomic E-state index is -0.379. The maximum Gasteiger partial charge on any atom is 0.255 e. The second-order valence-corrected chi connectivity index (χ2v) is 5.75. The quantitative estimate of drug-likeness (QED) is 0.623. The molecule has 2 aromatic carbocycles. The number of hydrogen-bond acceptors (Lipinski definition) is 2. The van der Waals surface area contributed by atoms with Crippen LogP contribution in [0, 0.1) is 5.82 Å². The average molecular weight is 329 g/mol. The Kier molecular flexibility index (Phi) is 7.27. The highest BCUT2D eigenvalue weighted by Crippen LogP contribution is 2.15. The SMILES string of the molecule is CCCCCCCOc1ccc(C(=O)Nc2cccc(F)c2)cc1. The van der Waals surface area contributed by atoms with Crippen molar-refractivity contribution in [3.63, 3.8) is 0 Å². The number of halogens is 1. The molecule has 1 amide bonds. The van der Waals surface area contributed by atoms with Crippen molar-refractivity contribution in [2.45, 2.75) is 39.0 Å². The van der Waals surface area contributed by atoms with Crippen molar-refractivity contribution in [3.8, 4) is 5.75 Å². The van der Waals surface area contributed by atoms with Gasteiger partial charge in [-0.2, -0.15) is 0 Å². The van der Waals surface area contributed by atoms with Gasteiger partial charge in [-0.25, -0.2) is 4.39 Å². The van der Waals surface area contributed by atoms with Crippen LogP contribution in [0.25, 0.3) is 0 Å². The van der Waals surface area contributed by atoms with Gasteiger partial charge in [0.15, 0.2) is 0 Å². The Morgan fingerprint density at radius 3 is 2.50 bits per heavy atom. The third-order valence-electron chi connectivity index (χ3n) is 3.72. The molecule has 0 aromatic heterocycles. The molecular formula is C20H24FNO2. The average Bonchev–Trinajstić information content (AvgIpc) is 2.58. The summed E-state index contributed by atoms with van der Waals surface area (Å²) in [6, 6.07) is 12.8. The minimum Gasteiger partial charge on any atom is -0.494 e. The summed E-state index contributed by atoms with van der Waals surface area (Å²) in [6.45, 7) is 2.89. The molecule has 0 saturated heterocycles. The molecule has 3 nitrogen and oxygen atoms in total. The first-order valence-corrected chi connectivity index (χ1v) is 8.49. The smallest absolute Gasteiger partial charge is 0.255 e. The Morgan fingerprint density at radius 1 is 1.04 bits per heavy atom. The molecule has 24 heavy (non-hydrogen) atoms. The number of carbonyl (C=O) groups is 1. The lowest BCUT2D eigenvalue weighted by molar-refractivity contribution is 0.102. The molecule has 0 bridgehead atoms. The van der Waals surface area contributed by atoms with Crippen LogP contribution < -0.4 is 10.1 Å². The van der Waals surface area contributed by atoms with E-state index in [2.05, 4.69) is 12.2 Å². The molecule has 2 aromatic rings. The Morgan fingerprint density at radius 2 is 1.79 bits per heavy atom. The van der Waals surface area contributed by atoms with E-state index >= 15 is 0 Å². The molecule has 2 rings (SSSR count). The summed E-state index contributed by atoms with van der Waals surface area (Å²) in [5, 5.41) is 2.67. The van der Waals surface area contributed by atoms with Crippen molar-refractivity contribution in [2.24, 2.45) is 0 Å². The van der Waals surface area contributed by atoms with E-state index in [-0.39, 0.29) is 11.7 Å². The van der Waals surface area contributed by atoms with Gasteiger partial charge in [0.2, 0.25) is 0 Å². The number of unbranched alkanes of at least 4 members (excludes halogenated alkanes) is 4. The summed E-state index contributed by atoms with van der Waals surface area (Å²) in [5.74, 6) is 0.106. The van der Waals surface area contributed by atoms with Crippen LogP contribution in [-0.2, 0) is 0 Å². The fraction of sp³-hybridized carbons (Fsp3) is 0.350. The van der Waals surface area contributed by atoms with Crippen LogP contribution in [0.15, 0.2) is 48.5 Å². The number of hydrogen-bond donors (Lipinski definition) is 1. The molecular weight excluding hydrogens is 305 g/mol. The van der Waals surface area contributed by atoms with E-state index in [1.807, 2.05) is 0 Å². The van der Waals surface area contributed by atoms with Gasteiger partial charge in [-0.1, -0.05) is 38.7 Å². The van der Waals surface area contributed by atoms with Crippen LogP contribution in [0.3, 0.4) is 0 Å². The minimum absolute atomic E-state index is 0.272. The van der Waals surface area contributed by atoms with Gasteiger partial charge in [0, 0.05) is 11.3 Å². The lowest BCUT2D eigenvalue weighted by Gasteiger charge is -2.08. The van der Waals surface area contributed by atoms with Gasteiger partial charge in [-0.05, 0) is 48.9 Å². The van der Waals surface area contributed by atoms with Crippen LogP contribution in [0.2, 0.25) is 0 Å². The van der Waals surface area contributed by atoms with Gasteiger partial charge in [0.1, 0.15) is 11.6 Å². The van der Waals surface area contributed by atoms with Crippen LogP contribution in [0.5, 0.6) is 5.75 Å². The highest BCUT2D eigenvalue weighted by Gasteiger charge is 2.06. The van der Waals surface area contributed by atoms with E-state index in [1.54, 1.807) is 36.4 Å². The van der Waals surface area contributed by atoms with Crippen LogP contribution in [0.1, 0.15) is 49.4 Å². The van der Waals surface area contributed by atoms with Crippen LogP contribution in [0.4, 0.5) is 10.1 Å². The molecule has 0 fully saturated rings. The summed E-state index contributed by atoms with van der Waals surface area (Å²) in [4.78, 5) is 12.1. The standard InChI is InChI=1S/C20H24FNO2/c1-2-3-4-5-6-14-24-19-12-10-16(11-13-19)20(23)22-18-9-7-8-17(21)15-18/h7-13,15H,2-6,14H2,1H3,(H,22,23). The second-order valence-electron chi connectivity index (χ2n) is 5.75. The van der Waals surface area contributed by atoms with E-state index in [1.165, 1.54) is 37.8 Å². The summed E-state index contributed by atoms with van der Waals surface area (Å²) in [7, 11) is 0. The zero-order valence-corrected chi connectivity index (χ0v) is 14.1. The predicted octanol–water partition coefficient (Wildman–Crippen LogP) is 5.43. The Labute approximate surface area is 142 Å². The van der Waals surface area contributed by atoms with Crippen molar-refractivity contribution < 1.29 is 13.9 Å². The molecule has 128 valence electrons. The monoisotopic (exact) mass is 329 g/mol. The Bertz CT molecular complexity index is 640. The molecule has 0 radical (unpaired) electrons. The molecule has 0 aliphatic rings. The number of anilines is 1. The topological polar surface area (TPSA) is 38.3 Å². The zero-order chi connectivity index (χ0) is 17.2. The van der Waals surface area contributed by atoms with Gasteiger partial charge < -0.3 is 10.1 Å². The van der Waals surface area contributed by atoms with E-state index < -0.39 is 0 Å². The molecule has 0 spiro atoms. The first kappa shape index (κ1) is 18.0. The molecule has 0 saturated carbocycles. The lowest BCUT2D eigenvalue weighted by atomic mass is 10.1. The van der Waals surface area contributed by atoms with E-state index in [9.17, 15) is 9.18 Å². The normalized spacial score (nSPS) is 10.4.